The number of carboxylic acids is 1. The normalized spacial score (nSPS) is 16.3. The first-order valence-electron chi connectivity index (χ1n) is 9.39. The van der Waals surface area contributed by atoms with Crippen molar-refractivity contribution < 1.29 is 14.6 Å². The van der Waals surface area contributed by atoms with Gasteiger partial charge in [0.15, 0.2) is 5.82 Å². The third-order valence-electron chi connectivity index (χ3n) is 4.94. The number of rotatable bonds is 6. The maximum absolute atomic E-state index is 11.8. The molecular weight excluding hydrogens is 356 g/mol. The van der Waals surface area contributed by atoms with Crippen molar-refractivity contribution in [1.82, 2.24) is 15.0 Å². The maximum atomic E-state index is 11.8. The fourth-order valence-corrected chi connectivity index (χ4v) is 3.56. The summed E-state index contributed by atoms with van der Waals surface area (Å²) in [5.41, 5.74) is 1.93. The van der Waals surface area contributed by atoms with E-state index in [4.69, 9.17) is 4.74 Å². The number of anilines is 1. The summed E-state index contributed by atoms with van der Waals surface area (Å²) in [5, 5.41) is 18.3. The molecule has 2 heterocycles. The van der Waals surface area contributed by atoms with Gasteiger partial charge in [0.05, 0.1) is 12.3 Å². The zero-order chi connectivity index (χ0) is 19.5. The van der Waals surface area contributed by atoms with Gasteiger partial charge in [0.1, 0.15) is 5.75 Å². The third kappa shape index (κ3) is 3.55. The van der Waals surface area contributed by atoms with Crippen molar-refractivity contribution in [3.8, 4) is 11.4 Å². The number of aromatic carboxylic acids is 1. The van der Waals surface area contributed by atoms with Gasteiger partial charge in [0.25, 0.3) is 0 Å². The summed E-state index contributed by atoms with van der Waals surface area (Å²) in [6.45, 7) is 3.99. The second kappa shape index (κ2) is 7.72. The Balaban J connectivity index is 1.60. The highest BCUT2D eigenvalue weighted by Crippen LogP contribution is 2.31. The van der Waals surface area contributed by atoms with Crippen LogP contribution in [-0.2, 0) is 0 Å². The summed E-state index contributed by atoms with van der Waals surface area (Å²) in [6.07, 6.45) is 0.957. The van der Waals surface area contributed by atoms with E-state index in [-0.39, 0.29) is 5.69 Å². The molecular formula is C21H22N4O3. The van der Waals surface area contributed by atoms with Gasteiger partial charge in [0.2, 0.25) is 5.69 Å². The molecule has 28 heavy (non-hydrogen) atoms. The fraction of sp³-hybridized carbons (Fsp3) is 0.286. The molecule has 2 aromatic carbocycles. The van der Waals surface area contributed by atoms with Crippen molar-refractivity contribution in [3.05, 3.63) is 65.9 Å². The SMILES string of the molecule is CCOc1ccc(-n2nc(C(=O)O)c(N3CC[C@H](c4ccccc4)C3)n2)cc1. The predicted molar refractivity (Wildman–Crippen MR) is 106 cm³/mol. The lowest BCUT2D eigenvalue weighted by atomic mass is 9.99. The third-order valence-corrected chi connectivity index (χ3v) is 4.94. The van der Waals surface area contributed by atoms with Gasteiger partial charge in [0, 0.05) is 19.0 Å². The molecule has 4 rings (SSSR count). The lowest BCUT2D eigenvalue weighted by Crippen LogP contribution is -2.22. The van der Waals surface area contributed by atoms with Crippen LogP contribution in [0.15, 0.2) is 54.6 Å². The largest absolute Gasteiger partial charge is 0.494 e. The molecule has 0 unspecified atom stereocenters. The standard InChI is InChI=1S/C21H22N4O3/c1-2-28-18-10-8-17(9-11-18)25-22-19(21(26)27)20(23-25)24-13-12-16(14-24)15-6-4-3-5-7-15/h3-11,16H,2,12-14H2,1H3,(H,26,27)/t16-/m0/s1. The molecule has 144 valence electrons. The summed E-state index contributed by atoms with van der Waals surface area (Å²) in [4.78, 5) is 15.1. The van der Waals surface area contributed by atoms with E-state index in [1.807, 2.05) is 54.3 Å². The second-order valence-corrected chi connectivity index (χ2v) is 6.74. The first-order chi connectivity index (χ1) is 13.7. The Hall–Kier alpha value is -3.35. The van der Waals surface area contributed by atoms with Gasteiger partial charge >= 0.3 is 5.97 Å². The van der Waals surface area contributed by atoms with Crippen LogP contribution in [0.5, 0.6) is 5.75 Å². The first kappa shape index (κ1) is 18.0. The molecule has 1 aliphatic rings. The number of nitrogens with zero attached hydrogens (tertiary/aromatic N) is 4. The van der Waals surface area contributed by atoms with Crippen LogP contribution in [0.1, 0.15) is 35.3 Å². The smallest absolute Gasteiger partial charge is 0.360 e. The molecule has 7 nitrogen and oxygen atoms in total. The average molecular weight is 378 g/mol. The molecule has 0 amide bonds. The number of carboxylic acid groups (broad SMARTS) is 1. The molecule has 1 aliphatic heterocycles. The molecule has 3 aromatic rings. The molecule has 0 bridgehead atoms. The van der Waals surface area contributed by atoms with E-state index < -0.39 is 5.97 Å². The Bertz CT molecular complexity index is 954. The van der Waals surface area contributed by atoms with Crippen molar-refractivity contribution in [2.45, 2.75) is 19.3 Å². The van der Waals surface area contributed by atoms with Crippen molar-refractivity contribution in [3.63, 3.8) is 0 Å². The van der Waals surface area contributed by atoms with E-state index in [9.17, 15) is 9.90 Å². The summed E-state index contributed by atoms with van der Waals surface area (Å²) in [6, 6.07) is 17.6. The van der Waals surface area contributed by atoms with E-state index >= 15 is 0 Å². The number of hydrogen-bond donors (Lipinski definition) is 1. The number of ether oxygens (including phenoxy) is 1. The lowest BCUT2D eigenvalue weighted by molar-refractivity contribution is 0.0690. The summed E-state index contributed by atoms with van der Waals surface area (Å²) in [7, 11) is 0. The maximum Gasteiger partial charge on any atom is 0.360 e. The van der Waals surface area contributed by atoms with E-state index in [1.165, 1.54) is 10.4 Å². The summed E-state index contributed by atoms with van der Waals surface area (Å²) < 4.78 is 5.45. The Labute approximate surface area is 163 Å². The minimum Gasteiger partial charge on any atom is -0.494 e. The van der Waals surface area contributed by atoms with E-state index in [1.54, 1.807) is 0 Å². The lowest BCUT2D eigenvalue weighted by Gasteiger charge is -2.16. The average Bonchev–Trinajstić information content (AvgIpc) is 3.37. The highest BCUT2D eigenvalue weighted by molar-refractivity contribution is 5.91. The topological polar surface area (TPSA) is 80.5 Å². The van der Waals surface area contributed by atoms with Gasteiger partial charge < -0.3 is 14.7 Å². The molecule has 1 atom stereocenters. The molecule has 1 saturated heterocycles. The minimum absolute atomic E-state index is 0.0254. The monoisotopic (exact) mass is 378 g/mol. The van der Waals surface area contributed by atoms with Crippen LogP contribution >= 0.6 is 0 Å². The van der Waals surface area contributed by atoms with Crippen molar-refractivity contribution >= 4 is 11.8 Å². The van der Waals surface area contributed by atoms with Crippen molar-refractivity contribution in [1.29, 1.82) is 0 Å². The molecule has 1 aromatic heterocycles. The highest BCUT2D eigenvalue weighted by Gasteiger charge is 2.30. The quantitative estimate of drug-likeness (QED) is 0.708. The summed E-state index contributed by atoms with van der Waals surface area (Å²) in [5.74, 6) is 0.455. The number of hydrogen-bond acceptors (Lipinski definition) is 5. The molecule has 0 saturated carbocycles. The van der Waals surface area contributed by atoms with E-state index in [0.717, 1.165) is 25.3 Å². The zero-order valence-corrected chi connectivity index (χ0v) is 15.7. The first-order valence-corrected chi connectivity index (χ1v) is 9.39. The highest BCUT2D eigenvalue weighted by atomic mass is 16.5. The molecule has 0 aliphatic carbocycles. The van der Waals surface area contributed by atoms with Crippen LogP contribution in [0.3, 0.4) is 0 Å². The molecule has 0 radical (unpaired) electrons. The number of aromatic nitrogens is 3. The van der Waals surface area contributed by atoms with Crippen molar-refractivity contribution in [2.24, 2.45) is 0 Å². The van der Waals surface area contributed by atoms with Crippen LogP contribution in [0.25, 0.3) is 5.69 Å². The van der Waals surface area contributed by atoms with Crippen LogP contribution in [-0.4, -0.2) is 45.8 Å². The van der Waals surface area contributed by atoms with E-state index in [0.29, 0.717) is 24.0 Å². The van der Waals surface area contributed by atoms with Crippen LogP contribution in [0.4, 0.5) is 5.82 Å². The Kier molecular flexibility index (Phi) is 4.97. The minimum atomic E-state index is -1.07. The number of benzene rings is 2. The molecule has 0 spiro atoms. The Morgan fingerprint density at radius 2 is 1.89 bits per heavy atom. The molecule has 1 fully saturated rings. The van der Waals surface area contributed by atoms with Crippen LogP contribution in [0.2, 0.25) is 0 Å². The van der Waals surface area contributed by atoms with Gasteiger partial charge in [-0.05, 0) is 43.2 Å². The zero-order valence-electron chi connectivity index (χ0n) is 15.7. The van der Waals surface area contributed by atoms with Crippen LogP contribution in [0, 0.1) is 0 Å². The van der Waals surface area contributed by atoms with Gasteiger partial charge in [-0.3, -0.25) is 0 Å². The summed E-state index contributed by atoms with van der Waals surface area (Å²) >= 11 is 0. The van der Waals surface area contributed by atoms with Gasteiger partial charge in [-0.1, -0.05) is 30.3 Å². The number of carbonyl (C=O) groups is 1. The van der Waals surface area contributed by atoms with Gasteiger partial charge in [-0.15, -0.1) is 15.0 Å². The van der Waals surface area contributed by atoms with Crippen molar-refractivity contribution in [2.75, 3.05) is 24.6 Å². The van der Waals surface area contributed by atoms with Crippen LogP contribution < -0.4 is 9.64 Å². The second-order valence-electron chi connectivity index (χ2n) is 6.74. The predicted octanol–water partition coefficient (Wildman–Crippen LogP) is 3.36. The molecule has 7 heteroatoms. The Morgan fingerprint density at radius 1 is 1.14 bits per heavy atom. The van der Waals surface area contributed by atoms with Gasteiger partial charge in [-0.25, -0.2) is 4.79 Å². The Morgan fingerprint density at radius 3 is 2.57 bits per heavy atom. The molecule has 1 N–H and O–H groups in total. The van der Waals surface area contributed by atoms with Gasteiger partial charge in [-0.2, -0.15) is 0 Å². The van der Waals surface area contributed by atoms with E-state index in [2.05, 4.69) is 22.3 Å². The fourth-order valence-electron chi connectivity index (χ4n) is 3.56.